The Balaban J connectivity index is 2.38. The summed E-state index contributed by atoms with van der Waals surface area (Å²) >= 11 is 2.36. The fourth-order valence-corrected chi connectivity index (χ4v) is 2.65. The van der Waals surface area contributed by atoms with Crippen molar-refractivity contribution in [2.24, 2.45) is 0 Å². The van der Waals surface area contributed by atoms with Gasteiger partial charge in [-0.2, -0.15) is 0 Å². The van der Waals surface area contributed by atoms with Crippen LogP contribution in [-0.2, 0) is 6.42 Å². The third-order valence-corrected chi connectivity index (χ3v) is 4.01. The lowest BCUT2D eigenvalue weighted by Gasteiger charge is -2.18. The van der Waals surface area contributed by atoms with Gasteiger partial charge < -0.3 is 5.32 Å². The molecule has 0 spiro atoms. The van der Waals surface area contributed by atoms with Gasteiger partial charge in [-0.05, 0) is 59.7 Å². The molecule has 0 fully saturated rings. The summed E-state index contributed by atoms with van der Waals surface area (Å²) in [6, 6.07) is 9.58. The monoisotopic (exact) mass is 359 g/mol. The van der Waals surface area contributed by atoms with Crippen LogP contribution in [0, 0.1) is 3.57 Å². The summed E-state index contributed by atoms with van der Waals surface area (Å²) in [6.07, 6.45) is 7.91. The van der Waals surface area contributed by atoms with Crippen molar-refractivity contribution in [2.45, 2.75) is 58.4 Å². The largest absolute Gasteiger partial charge is 0.314 e. The van der Waals surface area contributed by atoms with E-state index in [0.29, 0.717) is 6.04 Å². The molecule has 0 saturated carbocycles. The molecular weight excluding hydrogens is 333 g/mol. The second-order valence-electron chi connectivity index (χ2n) is 4.93. The molecule has 0 saturated heterocycles. The molecule has 1 aromatic carbocycles. The predicted octanol–water partition coefficient (Wildman–Crippen LogP) is 4.78. The molecule has 1 atom stereocenters. The molecule has 0 bridgehead atoms. The van der Waals surface area contributed by atoms with Crippen molar-refractivity contribution in [3.05, 3.63) is 33.4 Å². The maximum absolute atomic E-state index is 3.62. The number of hydrogen-bond donors (Lipinski definition) is 1. The van der Waals surface area contributed by atoms with E-state index in [1.54, 1.807) is 0 Å². The first kappa shape index (κ1) is 16.0. The van der Waals surface area contributed by atoms with Gasteiger partial charge in [-0.3, -0.25) is 0 Å². The molecule has 2 heteroatoms. The summed E-state index contributed by atoms with van der Waals surface area (Å²) in [5.74, 6) is 0. The van der Waals surface area contributed by atoms with E-state index in [-0.39, 0.29) is 0 Å². The van der Waals surface area contributed by atoms with Crippen LogP contribution in [0.4, 0.5) is 0 Å². The van der Waals surface area contributed by atoms with Crippen molar-refractivity contribution < 1.29 is 0 Å². The molecule has 0 amide bonds. The van der Waals surface area contributed by atoms with Gasteiger partial charge in [-0.15, -0.1) is 0 Å². The highest BCUT2D eigenvalue weighted by molar-refractivity contribution is 14.1. The minimum absolute atomic E-state index is 0.645. The second-order valence-corrected chi connectivity index (χ2v) is 6.18. The maximum Gasteiger partial charge on any atom is 0.0130 e. The average molecular weight is 359 g/mol. The summed E-state index contributed by atoms with van der Waals surface area (Å²) in [5, 5.41) is 3.62. The van der Waals surface area contributed by atoms with Crippen LogP contribution in [0.5, 0.6) is 0 Å². The van der Waals surface area contributed by atoms with E-state index in [2.05, 4.69) is 66.0 Å². The SMILES string of the molecule is CCCCCCC(Cc1ccc(I)cc1)NCC. The van der Waals surface area contributed by atoms with Gasteiger partial charge in [0.1, 0.15) is 0 Å². The highest BCUT2D eigenvalue weighted by Crippen LogP contribution is 2.12. The molecule has 1 aromatic rings. The first-order valence-electron chi connectivity index (χ1n) is 7.24. The Labute approximate surface area is 126 Å². The lowest BCUT2D eigenvalue weighted by Crippen LogP contribution is -2.30. The Morgan fingerprint density at radius 2 is 1.78 bits per heavy atom. The topological polar surface area (TPSA) is 12.0 Å². The number of unbranched alkanes of at least 4 members (excludes halogenated alkanes) is 3. The van der Waals surface area contributed by atoms with Crippen LogP contribution < -0.4 is 5.32 Å². The van der Waals surface area contributed by atoms with E-state index < -0.39 is 0 Å². The van der Waals surface area contributed by atoms with E-state index in [1.807, 2.05) is 0 Å². The van der Waals surface area contributed by atoms with Crippen LogP contribution in [-0.4, -0.2) is 12.6 Å². The minimum Gasteiger partial charge on any atom is -0.314 e. The number of likely N-dealkylation sites (N-methyl/N-ethyl adjacent to an activating group) is 1. The third-order valence-electron chi connectivity index (χ3n) is 3.29. The van der Waals surface area contributed by atoms with Gasteiger partial charge in [-0.1, -0.05) is 51.7 Å². The lowest BCUT2D eigenvalue weighted by molar-refractivity contribution is 0.463. The van der Waals surface area contributed by atoms with Gasteiger partial charge in [0.25, 0.3) is 0 Å². The van der Waals surface area contributed by atoms with Crippen molar-refractivity contribution in [2.75, 3.05) is 6.54 Å². The Kier molecular flexibility index (Phi) is 8.68. The number of rotatable bonds is 9. The molecule has 1 nitrogen and oxygen atoms in total. The van der Waals surface area contributed by atoms with Crippen molar-refractivity contribution in [1.29, 1.82) is 0 Å². The van der Waals surface area contributed by atoms with E-state index in [9.17, 15) is 0 Å². The zero-order chi connectivity index (χ0) is 13.2. The molecule has 1 N–H and O–H groups in total. The van der Waals surface area contributed by atoms with Gasteiger partial charge in [-0.25, -0.2) is 0 Å². The van der Waals surface area contributed by atoms with E-state index >= 15 is 0 Å². The number of nitrogens with one attached hydrogen (secondary N) is 1. The summed E-state index contributed by atoms with van der Waals surface area (Å²) < 4.78 is 1.32. The Morgan fingerprint density at radius 3 is 2.39 bits per heavy atom. The molecule has 0 heterocycles. The zero-order valence-electron chi connectivity index (χ0n) is 11.7. The summed E-state index contributed by atoms with van der Waals surface area (Å²) in [6.45, 7) is 5.54. The first-order chi connectivity index (χ1) is 8.76. The molecule has 0 aromatic heterocycles. The molecule has 0 aliphatic heterocycles. The van der Waals surface area contributed by atoms with Gasteiger partial charge in [0, 0.05) is 9.61 Å². The first-order valence-corrected chi connectivity index (χ1v) is 8.32. The van der Waals surface area contributed by atoms with Gasteiger partial charge in [0.15, 0.2) is 0 Å². The van der Waals surface area contributed by atoms with Gasteiger partial charge in [0.2, 0.25) is 0 Å². The van der Waals surface area contributed by atoms with E-state index in [0.717, 1.165) is 13.0 Å². The molecular formula is C16H26IN. The Hall–Kier alpha value is -0.0900. The number of benzene rings is 1. The van der Waals surface area contributed by atoms with Gasteiger partial charge >= 0.3 is 0 Å². The summed E-state index contributed by atoms with van der Waals surface area (Å²) in [4.78, 5) is 0. The van der Waals surface area contributed by atoms with Crippen LogP contribution in [0.2, 0.25) is 0 Å². The molecule has 1 rings (SSSR count). The average Bonchev–Trinajstić information content (AvgIpc) is 2.37. The van der Waals surface area contributed by atoms with Crippen molar-refractivity contribution >= 4 is 22.6 Å². The molecule has 0 aliphatic rings. The second kappa shape index (κ2) is 9.79. The standard InChI is InChI=1S/C16H26IN/c1-3-5-6-7-8-16(18-4-2)13-14-9-11-15(17)12-10-14/h9-12,16,18H,3-8,13H2,1-2H3. The lowest BCUT2D eigenvalue weighted by atomic mass is 10.00. The van der Waals surface area contributed by atoms with Crippen LogP contribution in [0.25, 0.3) is 0 Å². The molecule has 102 valence electrons. The fourth-order valence-electron chi connectivity index (χ4n) is 2.29. The minimum atomic E-state index is 0.645. The van der Waals surface area contributed by atoms with Crippen LogP contribution in [0.15, 0.2) is 24.3 Å². The third kappa shape index (κ3) is 6.74. The molecule has 0 aliphatic carbocycles. The van der Waals surface area contributed by atoms with Crippen LogP contribution in [0.1, 0.15) is 51.5 Å². The quantitative estimate of drug-likeness (QED) is 0.494. The van der Waals surface area contributed by atoms with E-state index in [1.165, 1.54) is 41.2 Å². The highest BCUT2D eigenvalue weighted by Gasteiger charge is 2.07. The fraction of sp³-hybridized carbons (Fsp3) is 0.625. The van der Waals surface area contributed by atoms with Crippen molar-refractivity contribution in [1.82, 2.24) is 5.32 Å². The molecule has 18 heavy (non-hydrogen) atoms. The zero-order valence-corrected chi connectivity index (χ0v) is 13.9. The van der Waals surface area contributed by atoms with Crippen LogP contribution in [0.3, 0.4) is 0 Å². The normalized spacial score (nSPS) is 12.6. The van der Waals surface area contributed by atoms with E-state index in [4.69, 9.17) is 0 Å². The highest BCUT2D eigenvalue weighted by atomic mass is 127. The summed E-state index contributed by atoms with van der Waals surface area (Å²) in [7, 11) is 0. The smallest absolute Gasteiger partial charge is 0.0130 e. The Bertz CT molecular complexity index is 307. The number of halogens is 1. The number of hydrogen-bond acceptors (Lipinski definition) is 1. The van der Waals surface area contributed by atoms with Crippen LogP contribution >= 0.6 is 22.6 Å². The Morgan fingerprint density at radius 1 is 1.06 bits per heavy atom. The molecule has 1 unspecified atom stereocenters. The molecule has 0 radical (unpaired) electrons. The van der Waals surface area contributed by atoms with Gasteiger partial charge in [0.05, 0.1) is 0 Å². The van der Waals surface area contributed by atoms with Crippen molar-refractivity contribution in [3.8, 4) is 0 Å². The summed E-state index contributed by atoms with van der Waals surface area (Å²) in [5.41, 5.74) is 1.46. The maximum atomic E-state index is 3.62. The predicted molar refractivity (Wildman–Crippen MR) is 89.1 cm³/mol. The van der Waals surface area contributed by atoms with Crippen molar-refractivity contribution in [3.63, 3.8) is 0 Å².